The van der Waals surface area contributed by atoms with Gasteiger partial charge in [-0.2, -0.15) is 0 Å². The van der Waals surface area contributed by atoms with Gasteiger partial charge in [-0.15, -0.1) is 10.2 Å². The van der Waals surface area contributed by atoms with Gasteiger partial charge < -0.3 is 9.47 Å². The number of carbonyl (C=O) groups excluding carboxylic acids is 1. The van der Waals surface area contributed by atoms with E-state index < -0.39 is 0 Å². The van der Waals surface area contributed by atoms with Crippen molar-refractivity contribution in [1.82, 2.24) is 24.1 Å². The van der Waals surface area contributed by atoms with Crippen LogP contribution in [0.25, 0.3) is 27.5 Å². The van der Waals surface area contributed by atoms with Crippen LogP contribution in [0.3, 0.4) is 0 Å². The highest BCUT2D eigenvalue weighted by Crippen LogP contribution is 2.27. The van der Waals surface area contributed by atoms with Crippen LogP contribution in [0.4, 0.5) is 0 Å². The molecule has 0 radical (unpaired) electrons. The molecule has 1 amide bonds. The molecule has 1 aliphatic rings. The number of likely N-dealkylation sites (tertiary alicyclic amines) is 1. The van der Waals surface area contributed by atoms with E-state index in [2.05, 4.69) is 10.2 Å². The fraction of sp³-hybridized carbons (Fsp3) is 0.231. The Bertz CT molecular complexity index is 1510. The quantitative estimate of drug-likeness (QED) is 0.404. The van der Waals surface area contributed by atoms with Gasteiger partial charge in [-0.1, -0.05) is 30.3 Å². The first-order valence-electron chi connectivity index (χ1n) is 11.3. The summed E-state index contributed by atoms with van der Waals surface area (Å²) in [5.74, 6) is 1.09. The minimum atomic E-state index is 0.00150. The molecule has 1 saturated heterocycles. The Labute approximate surface area is 189 Å². The number of amides is 1. The summed E-state index contributed by atoms with van der Waals surface area (Å²) < 4.78 is 3.99. The molecule has 0 spiro atoms. The van der Waals surface area contributed by atoms with Gasteiger partial charge in [0.25, 0.3) is 0 Å². The van der Waals surface area contributed by atoms with Gasteiger partial charge in [0.1, 0.15) is 12.4 Å². The van der Waals surface area contributed by atoms with E-state index in [-0.39, 0.29) is 23.8 Å². The first kappa shape index (κ1) is 19.7. The Balaban J connectivity index is 1.34. The molecule has 7 nitrogen and oxygen atoms in total. The molecular weight excluding hydrogens is 414 g/mol. The average Bonchev–Trinajstić information content (AvgIpc) is 3.31. The molecule has 0 N–H and O–H groups in total. The number of hydrogen-bond donors (Lipinski definition) is 0. The first-order chi connectivity index (χ1) is 16.2. The zero-order chi connectivity index (χ0) is 22.4. The second-order valence-electron chi connectivity index (χ2n) is 8.62. The molecule has 1 unspecified atom stereocenters. The third-order valence-electron chi connectivity index (χ3n) is 6.65. The fourth-order valence-corrected chi connectivity index (χ4v) is 5.04. The van der Waals surface area contributed by atoms with Crippen molar-refractivity contribution in [2.24, 2.45) is 0 Å². The van der Waals surface area contributed by atoms with Gasteiger partial charge in [0.15, 0.2) is 11.1 Å². The van der Waals surface area contributed by atoms with Crippen molar-refractivity contribution in [3.05, 3.63) is 89.0 Å². The van der Waals surface area contributed by atoms with Crippen molar-refractivity contribution in [3.8, 4) is 0 Å². The van der Waals surface area contributed by atoms with Crippen LogP contribution in [-0.4, -0.2) is 43.1 Å². The number of nitrogens with zero attached hydrogens (tertiary/aromatic N) is 5. The van der Waals surface area contributed by atoms with Crippen molar-refractivity contribution in [1.29, 1.82) is 0 Å². The lowest BCUT2D eigenvalue weighted by molar-refractivity contribution is -0.132. The maximum atomic E-state index is 13.5. The van der Waals surface area contributed by atoms with E-state index in [1.54, 1.807) is 0 Å². The number of aromatic nitrogens is 4. The summed E-state index contributed by atoms with van der Waals surface area (Å²) in [6.07, 6.45) is 3.87. The number of pyridine rings is 2. The Morgan fingerprint density at radius 1 is 0.909 bits per heavy atom. The molecular formula is C26H23N5O2. The summed E-state index contributed by atoms with van der Waals surface area (Å²) in [5.41, 5.74) is 2.39. The highest BCUT2D eigenvalue weighted by atomic mass is 16.2. The standard InChI is InChI=1S/C26H23N5O2/c32-24(29-14-7-8-18(16-29)26-28-27-23-13-5-6-15-30(23)26)17-31-21-11-3-1-9-19(21)25(33)20-10-2-4-12-22(20)31/h1-6,9-13,15,18H,7-8,14,16-17H2. The molecule has 0 aliphatic carbocycles. The number of fused-ring (bicyclic) bond motifs is 3. The van der Waals surface area contributed by atoms with Crippen molar-refractivity contribution in [2.75, 3.05) is 13.1 Å². The third kappa shape index (κ3) is 3.28. The summed E-state index contributed by atoms with van der Waals surface area (Å²) in [7, 11) is 0. The van der Waals surface area contributed by atoms with Crippen LogP contribution in [0.5, 0.6) is 0 Å². The monoisotopic (exact) mass is 437 g/mol. The van der Waals surface area contributed by atoms with Crippen LogP contribution in [0.1, 0.15) is 24.6 Å². The molecule has 0 bridgehead atoms. The van der Waals surface area contributed by atoms with Crippen LogP contribution in [0.15, 0.2) is 77.7 Å². The zero-order valence-electron chi connectivity index (χ0n) is 18.1. The van der Waals surface area contributed by atoms with Gasteiger partial charge in [0, 0.05) is 36.0 Å². The molecule has 1 fully saturated rings. The lowest BCUT2D eigenvalue weighted by Crippen LogP contribution is -2.41. The highest BCUT2D eigenvalue weighted by Gasteiger charge is 2.28. The van der Waals surface area contributed by atoms with Gasteiger partial charge in [0.2, 0.25) is 5.91 Å². The second kappa shape index (κ2) is 7.85. The van der Waals surface area contributed by atoms with Gasteiger partial charge in [-0.3, -0.25) is 14.0 Å². The predicted octanol–water partition coefficient (Wildman–Crippen LogP) is 3.60. The normalized spacial score (nSPS) is 16.6. The van der Waals surface area contributed by atoms with Crippen molar-refractivity contribution in [3.63, 3.8) is 0 Å². The topological polar surface area (TPSA) is 72.5 Å². The number of piperidine rings is 1. The summed E-state index contributed by atoms with van der Waals surface area (Å²) in [5, 5.41) is 9.98. The van der Waals surface area contributed by atoms with Crippen LogP contribution in [0.2, 0.25) is 0 Å². The van der Waals surface area contributed by atoms with Crippen LogP contribution in [0, 0.1) is 0 Å². The van der Waals surface area contributed by atoms with Gasteiger partial charge in [-0.05, 0) is 49.2 Å². The molecule has 3 aromatic heterocycles. The molecule has 7 heteroatoms. The minimum absolute atomic E-state index is 0.00150. The van der Waals surface area contributed by atoms with E-state index in [1.165, 1.54) is 0 Å². The van der Waals surface area contributed by atoms with Gasteiger partial charge in [0.05, 0.1) is 11.0 Å². The number of rotatable bonds is 3. The van der Waals surface area contributed by atoms with Crippen LogP contribution >= 0.6 is 0 Å². The minimum Gasteiger partial charge on any atom is -0.340 e. The number of carbonyl (C=O) groups is 1. The Kier molecular flexibility index (Phi) is 4.68. The number of para-hydroxylation sites is 2. The summed E-state index contributed by atoms with van der Waals surface area (Å²) in [4.78, 5) is 28.4. The van der Waals surface area contributed by atoms with Crippen molar-refractivity contribution in [2.45, 2.75) is 25.3 Å². The second-order valence-corrected chi connectivity index (χ2v) is 8.62. The largest absolute Gasteiger partial charge is 0.340 e. The first-order valence-corrected chi connectivity index (χ1v) is 11.3. The Morgan fingerprint density at radius 3 is 2.36 bits per heavy atom. The summed E-state index contributed by atoms with van der Waals surface area (Å²) in [6.45, 7) is 1.53. The van der Waals surface area contributed by atoms with E-state index >= 15 is 0 Å². The zero-order valence-corrected chi connectivity index (χ0v) is 18.1. The van der Waals surface area contributed by atoms with E-state index in [0.717, 1.165) is 41.9 Å². The Morgan fingerprint density at radius 2 is 1.61 bits per heavy atom. The van der Waals surface area contributed by atoms with E-state index in [0.29, 0.717) is 17.3 Å². The summed E-state index contributed by atoms with van der Waals surface area (Å²) >= 11 is 0. The maximum Gasteiger partial charge on any atom is 0.242 e. The van der Waals surface area contributed by atoms with Crippen LogP contribution in [-0.2, 0) is 11.3 Å². The SMILES string of the molecule is O=C(Cn1c2ccccc2c(=O)c2ccccc21)N1CCCC(c2nnc3ccccn23)C1. The lowest BCUT2D eigenvalue weighted by Gasteiger charge is -2.32. The third-order valence-corrected chi connectivity index (χ3v) is 6.65. The molecule has 33 heavy (non-hydrogen) atoms. The molecule has 1 aliphatic heterocycles. The van der Waals surface area contributed by atoms with Crippen molar-refractivity contribution < 1.29 is 4.79 Å². The highest BCUT2D eigenvalue weighted by molar-refractivity contribution is 5.94. The average molecular weight is 438 g/mol. The number of hydrogen-bond acceptors (Lipinski definition) is 4. The van der Waals surface area contributed by atoms with Gasteiger partial charge in [-0.25, -0.2) is 0 Å². The summed E-state index contributed by atoms with van der Waals surface area (Å²) in [6, 6.07) is 20.9. The molecule has 6 rings (SSSR count). The molecule has 1 atom stereocenters. The lowest BCUT2D eigenvalue weighted by atomic mass is 9.97. The Hall–Kier alpha value is -4.00. The molecule has 0 saturated carbocycles. The molecule has 5 aromatic rings. The van der Waals surface area contributed by atoms with Crippen molar-refractivity contribution >= 4 is 33.4 Å². The molecule has 4 heterocycles. The predicted molar refractivity (Wildman–Crippen MR) is 127 cm³/mol. The maximum absolute atomic E-state index is 13.5. The van der Waals surface area contributed by atoms with Crippen LogP contribution < -0.4 is 5.43 Å². The van der Waals surface area contributed by atoms with E-state index in [1.807, 2.05) is 86.8 Å². The van der Waals surface area contributed by atoms with E-state index in [9.17, 15) is 9.59 Å². The smallest absolute Gasteiger partial charge is 0.242 e. The fourth-order valence-electron chi connectivity index (χ4n) is 5.04. The van der Waals surface area contributed by atoms with E-state index in [4.69, 9.17) is 0 Å². The van der Waals surface area contributed by atoms with Gasteiger partial charge >= 0.3 is 0 Å². The number of benzene rings is 2. The molecule has 2 aromatic carbocycles. The molecule has 164 valence electrons.